The molecule has 2 fully saturated rings. The molecule has 4 rings (SSSR count). The van der Waals surface area contributed by atoms with Gasteiger partial charge >= 0.3 is 0 Å². The summed E-state index contributed by atoms with van der Waals surface area (Å²) in [6, 6.07) is 9.86. The zero-order valence-corrected chi connectivity index (χ0v) is 17.1. The van der Waals surface area contributed by atoms with Gasteiger partial charge in [0, 0.05) is 57.7 Å². The van der Waals surface area contributed by atoms with Crippen molar-refractivity contribution in [2.75, 3.05) is 38.6 Å². The minimum absolute atomic E-state index is 0.0749. The van der Waals surface area contributed by atoms with Gasteiger partial charge in [0.25, 0.3) is 0 Å². The van der Waals surface area contributed by atoms with Crippen LogP contribution in [0.2, 0.25) is 5.02 Å². The lowest BCUT2D eigenvalue weighted by Crippen LogP contribution is -2.58. The number of likely N-dealkylation sites (tertiary alicyclic amines) is 1. The molecule has 0 spiro atoms. The summed E-state index contributed by atoms with van der Waals surface area (Å²) < 4.78 is 0. The van der Waals surface area contributed by atoms with E-state index < -0.39 is 5.41 Å². The van der Waals surface area contributed by atoms with Gasteiger partial charge < -0.3 is 9.80 Å². The molecule has 1 amide bonds. The summed E-state index contributed by atoms with van der Waals surface area (Å²) in [6.45, 7) is 3.26. The molecule has 0 radical (unpaired) electrons. The summed E-state index contributed by atoms with van der Waals surface area (Å²) in [4.78, 5) is 28.7. The quantitative estimate of drug-likeness (QED) is 0.791. The van der Waals surface area contributed by atoms with Crippen LogP contribution in [0.15, 0.2) is 42.7 Å². The van der Waals surface area contributed by atoms with Gasteiger partial charge in [-0.25, -0.2) is 9.97 Å². The summed E-state index contributed by atoms with van der Waals surface area (Å²) in [5, 5.41) is 0.741. The molecule has 28 heavy (non-hydrogen) atoms. The van der Waals surface area contributed by atoms with Crippen LogP contribution in [0.5, 0.6) is 0 Å². The average Bonchev–Trinajstić information content (AvgIpc) is 3.09. The lowest BCUT2D eigenvalue weighted by Gasteiger charge is -2.45. The van der Waals surface area contributed by atoms with E-state index >= 15 is 0 Å². The summed E-state index contributed by atoms with van der Waals surface area (Å²) in [7, 11) is 3.71. The lowest BCUT2D eigenvalue weighted by molar-refractivity contribution is -0.140. The number of hydrogen-bond acceptors (Lipinski definition) is 5. The summed E-state index contributed by atoms with van der Waals surface area (Å²) in [5.41, 5.74) is 0.783. The van der Waals surface area contributed by atoms with Gasteiger partial charge in [-0.1, -0.05) is 23.7 Å². The van der Waals surface area contributed by atoms with Gasteiger partial charge in [0.1, 0.15) is 0 Å². The highest BCUT2D eigenvalue weighted by atomic mass is 35.5. The molecule has 2 saturated heterocycles. The predicted octanol–water partition coefficient (Wildman–Crippen LogP) is 2.69. The highest BCUT2D eigenvalue weighted by molar-refractivity contribution is 6.30. The molecule has 2 atom stereocenters. The van der Waals surface area contributed by atoms with Gasteiger partial charge in [0.05, 0.1) is 11.5 Å². The smallest absolute Gasteiger partial charge is 0.231 e. The number of fused-ring (bicyclic) bond motifs is 1. The molecule has 3 heterocycles. The Labute approximate surface area is 171 Å². The van der Waals surface area contributed by atoms with Crippen molar-refractivity contribution in [2.45, 2.75) is 25.4 Å². The largest absolute Gasteiger partial charge is 0.348 e. The van der Waals surface area contributed by atoms with Crippen molar-refractivity contribution in [3.63, 3.8) is 0 Å². The fraction of sp³-hybridized carbons (Fsp3) is 0.476. The summed E-state index contributed by atoms with van der Waals surface area (Å²) >= 11 is 6.03. The highest BCUT2D eigenvalue weighted by Gasteiger charge is 2.56. The molecule has 1 aromatic heterocycles. The molecule has 6 nitrogen and oxygen atoms in total. The van der Waals surface area contributed by atoms with Gasteiger partial charge in [0.2, 0.25) is 11.9 Å². The van der Waals surface area contributed by atoms with Gasteiger partial charge in [-0.3, -0.25) is 9.69 Å². The van der Waals surface area contributed by atoms with Crippen molar-refractivity contribution in [3.8, 4) is 0 Å². The van der Waals surface area contributed by atoms with E-state index in [2.05, 4.69) is 31.9 Å². The van der Waals surface area contributed by atoms with E-state index in [0.717, 1.165) is 50.0 Å². The van der Waals surface area contributed by atoms with Crippen LogP contribution >= 0.6 is 11.6 Å². The second-order valence-corrected chi connectivity index (χ2v) is 8.45. The Kier molecular flexibility index (Phi) is 5.25. The molecule has 2 aromatic rings. The van der Waals surface area contributed by atoms with Crippen LogP contribution in [0, 0.1) is 5.41 Å². The monoisotopic (exact) mass is 399 g/mol. The Bertz CT molecular complexity index is 828. The third kappa shape index (κ3) is 3.47. The van der Waals surface area contributed by atoms with Gasteiger partial charge in [-0.15, -0.1) is 0 Å². The maximum absolute atomic E-state index is 13.3. The first-order valence-corrected chi connectivity index (χ1v) is 10.1. The van der Waals surface area contributed by atoms with Crippen LogP contribution in [-0.4, -0.2) is 65.4 Å². The Morgan fingerprint density at radius 1 is 1.25 bits per heavy atom. The maximum Gasteiger partial charge on any atom is 0.231 e. The number of piperidine rings is 1. The molecule has 0 unspecified atom stereocenters. The maximum atomic E-state index is 13.3. The molecule has 2 aliphatic heterocycles. The van der Waals surface area contributed by atoms with E-state index in [1.165, 1.54) is 5.56 Å². The molecule has 2 aliphatic rings. The number of carbonyl (C=O) groups is 1. The zero-order valence-electron chi connectivity index (χ0n) is 16.4. The highest BCUT2D eigenvalue weighted by Crippen LogP contribution is 2.44. The number of halogens is 1. The first-order chi connectivity index (χ1) is 13.5. The van der Waals surface area contributed by atoms with E-state index in [-0.39, 0.29) is 11.9 Å². The van der Waals surface area contributed by atoms with Crippen LogP contribution in [0.25, 0.3) is 0 Å². The molecular weight excluding hydrogens is 374 g/mol. The van der Waals surface area contributed by atoms with E-state index in [1.807, 2.05) is 32.3 Å². The molecule has 148 valence electrons. The SMILES string of the molecule is CN(C)C(=O)[C@]12CCCN(c3ncccn3)[C@H]1CN(Cc1ccc(Cl)cc1)C2. The van der Waals surface area contributed by atoms with E-state index in [4.69, 9.17) is 11.6 Å². The van der Waals surface area contributed by atoms with Crippen molar-refractivity contribution in [1.29, 1.82) is 0 Å². The van der Waals surface area contributed by atoms with Crippen LogP contribution in [0.4, 0.5) is 5.95 Å². The fourth-order valence-corrected chi connectivity index (χ4v) is 4.89. The Morgan fingerprint density at radius 2 is 1.96 bits per heavy atom. The number of benzene rings is 1. The van der Waals surface area contributed by atoms with Gasteiger partial charge in [0.15, 0.2) is 0 Å². The second kappa shape index (κ2) is 7.68. The van der Waals surface area contributed by atoms with Crippen LogP contribution in [0.1, 0.15) is 18.4 Å². The average molecular weight is 400 g/mol. The minimum Gasteiger partial charge on any atom is -0.348 e. The number of carbonyl (C=O) groups excluding carboxylic acids is 1. The second-order valence-electron chi connectivity index (χ2n) is 8.01. The predicted molar refractivity (Wildman–Crippen MR) is 110 cm³/mol. The molecular formula is C21H26ClN5O. The van der Waals surface area contributed by atoms with E-state index in [9.17, 15) is 4.79 Å². The Hall–Kier alpha value is -2.18. The number of anilines is 1. The van der Waals surface area contributed by atoms with Crippen molar-refractivity contribution in [2.24, 2.45) is 5.41 Å². The van der Waals surface area contributed by atoms with Crippen molar-refractivity contribution < 1.29 is 4.79 Å². The lowest BCUT2D eigenvalue weighted by atomic mass is 9.74. The van der Waals surface area contributed by atoms with Crippen molar-refractivity contribution >= 4 is 23.5 Å². The number of nitrogens with zero attached hydrogens (tertiary/aromatic N) is 5. The molecule has 1 aromatic carbocycles. The van der Waals surface area contributed by atoms with Crippen LogP contribution < -0.4 is 4.90 Å². The van der Waals surface area contributed by atoms with Gasteiger partial charge in [-0.2, -0.15) is 0 Å². The normalized spacial score (nSPS) is 24.8. The molecule has 0 bridgehead atoms. The molecule has 0 saturated carbocycles. The van der Waals surface area contributed by atoms with E-state index in [1.54, 1.807) is 17.3 Å². The number of amides is 1. The molecule has 0 aliphatic carbocycles. The van der Waals surface area contributed by atoms with Gasteiger partial charge in [-0.05, 0) is 36.6 Å². The first kappa shape index (κ1) is 19.2. The van der Waals surface area contributed by atoms with Crippen LogP contribution in [0.3, 0.4) is 0 Å². The first-order valence-electron chi connectivity index (χ1n) is 9.72. The third-order valence-electron chi connectivity index (χ3n) is 5.93. The standard InChI is InChI=1S/C21H26ClN5O/c1-25(2)19(28)21-9-3-12-27(20-23-10-4-11-24-20)18(21)14-26(15-21)13-16-5-7-17(22)8-6-16/h4-8,10-11,18H,3,9,12-15H2,1-2H3/t18-,21-/m0/s1. The molecule has 7 heteroatoms. The summed E-state index contributed by atoms with van der Waals surface area (Å²) in [5.74, 6) is 0.924. The zero-order chi connectivity index (χ0) is 19.7. The number of aromatic nitrogens is 2. The van der Waals surface area contributed by atoms with Crippen molar-refractivity contribution in [3.05, 3.63) is 53.3 Å². The third-order valence-corrected chi connectivity index (χ3v) is 6.19. The Balaban J connectivity index is 1.64. The number of hydrogen-bond donors (Lipinski definition) is 0. The fourth-order valence-electron chi connectivity index (χ4n) is 4.76. The van der Waals surface area contributed by atoms with E-state index in [0.29, 0.717) is 0 Å². The Morgan fingerprint density at radius 3 is 2.64 bits per heavy atom. The van der Waals surface area contributed by atoms with Crippen LogP contribution in [-0.2, 0) is 11.3 Å². The number of rotatable bonds is 4. The minimum atomic E-state index is -0.423. The topological polar surface area (TPSA) is 52.6 Å². The van der Waals surface area contributed by atoms with Crippen molar-refractivity contribution in [1.82, 2.24) is 19.8 Å². The molecule has 0 N–H and O–H groups in total. The summed E-state index contributed by atoms with van der Waals surface area (Å²) in [6.07, 6.45) is 5.40.